The lowest BCUT2D eigenvalue weighted by atomic mass is 9.97. The van der Waals surface area contributed by atoms with E-state index in [9.17, 15) is 38.8 Å². The number of hydrogen-bond donors (Lipinski definition) is 11. The van der Waals surface area contributed by atoms with Crippen molar-refractivity contribution in [3.63, 3.8) is 0 Å². The van der Waals surface area contributed by atoms with E-state index < -0.39 is 64.5 Å². The number of aromatic nitrogens is 2. The van der Waals surface area contributed by atoms with Gasteiger partial charge in [-0.3, -0.25) is 14.6 Å². The molecule has 2 rings (SSSR count). The number of rotatable bonds is 4. The highest BCUT2D eigenvalue weighted by atomic mass is 31.3. The molecule has 0 aromatic carbocycles. The van der Waals surface area contributed by atoms with Crippen LogP contribution < -0.4 is 16.6 Å². The number of amides is 1. The Kier molecular flexibility index (Phi) is 12.3. The fraction of sp³-hybridized carbons (Fsp3) is 0.583. The van der Waals surface area contributed by atoms with Crippen molar-refractivity contribution in [1.29, 1.82) is 0 Å². The molecule has 18 nitrogen and oxygen atoms in total. The first kappa shape index (κ1) is 30.2. The number of phosphoric acid groups is 2. The first-order valence-corrected chi connectivity index (χ1v) is 11.2. The van der Waals surface area contributed by atoms with Crippen LogP contribution in [0.15, 0.2) is 21.9 Å². The minimum absolute atomic E-state index is 0.381. The number of carbonyl (C=O) groups excluding carboxylic acids is 1. The number of aromatic amines is 2. The molecule has 11 N–H and O–H groups in total. The summed E-state index contributed by atoms with van der Waals surface area (Å²) >= 11 is 0. The van der Waals surface area contributed by atoms with Crippen molar-refractivity contribution >= 4 is 21.6 Å². The van der Waals surface area contributed by atoms with Crippen molar-refractivity contribution in [2.24, 2.45) is 0 Å². The van der Waals surface area contributed by atoms with Crippen LogP contribution in [0.3, 0.4) is 0 Å². The number of nitrogens with one attached hydrogen (secondary N) is 3. The maximum atomic E-state index is 10.7. The van der Waals surface area contributed by atoms with Crippen LogP contribution in [0.4, 0.5) is 0 Å². The van der Waals surface area contributed by atoms with Crippen LogP contribution in [0.25, 0.3) is 0 Å². The number of carbonyl (C=O) groups is 1. The van der Waals surface area contributed by atoms with Crippen LogP contribution in [0.2, 0.25) is 0 Å². The van der Waals surface area contributed by atoms with Gasteiger partial charge in [0.2, 0.25) is 5.91 Å². The summed E-state index contributed by atoms with van der Waals surface area (Å²) in [5.41, 5.74) is -0.855. The topological polar surface area (TPSA) is 309 Å². The first-order valence-electron chi connectivity index (χ1n) is 8.15. The molecular weight excluding hydrogens is 488 g/mol. The molecule has 2 heterocycles. The fourth-order valence-corrected chi connectivity index (χ4v) is 3.12. The maximum absolute atomic E-state index is 10.7. The number of aliphatic hydroxyl groups is 4. The van der Waals surface area contributed by atoms with Crippen LogP contribution in [-0.2, 0) is 23.0 Å². The van der Waals surface area contributed by atoms with Crippen LogP contribution in [0.5, 0.6) is 0 Å². The second kappa shape index (κ2) is 13.0. The summed E-state index contributed by atoms with van der Waals surface area (Å²) in [6, 6.07) is 0.141. The van der Waals surface area contributed by atoms with Gasteiger partial charge in [0.1, 0.15) is 24.4 Å². The van der Waals surface area contributed by atoms with E-state index in [0.717, 1.165) is 0 Å². The minimum atomic E-state index is -5.05. The SMILES string of the molecule is CC(=O)N[C@H]1C(O)O[C@H](CO)[C@@H](O)[C@@H]1O.O=P(O)(O)OP(=O)(O)O.O=c1cc[nH]c(=O)[nH]1. The van der Waals surface area contributed by atoms with E-state index in [4.69, 9.17) is 29.4 Å². The van der Waals surface area contributed by atoms with Gasteiger partial charge in [0.05, 0.1) is 6.61 Å². The Morgan fingerprint density at radius 3 is 1.97 bits per heavy atom. The highest BCUT2D eigenvalue weighted by Crippen LogP contribution is 2.53. The molecular formula is C12H23N3O15P2. The monoisotopic (exact) mass is 511 g/mol. The van der Waals surface area contributed by atoms with Crippen molar-refractivity contribution in [2.75, 3.05) is 6.61 Å². The highest BCUT2D eigenvalue weighted by molar-refractivity contribution is 7.60. The van der Waals surface area contributed by atoms with Gasteiger partial charge in [0, 0.05) is 19.2 Å². The van der Waals surface area contributed by atoms with Crippen LogP contribution >= 0.6 is 15.6 Å². The molecule has 0 bridgehead atoms. The van der Waals surface area contributed by atoms with E-state index >= 15 is 0 Å². The number of hydrogen-bond acceptors (Lipinski definition) is 11. The van der Waals surface area contributed by atoms with Crippen LogP contribution in [-0.4, -0.2) is 93.1 Å². The standard InChI is InChI=1S/C8H15NO6.C4H4N2O2.H4O7P2/c1-3(11)9-5-7(13)6(12)4(2-10)15-8(5)14;7-3-1-2-5-4(8)6-3;1-8(2,3)7-9(4,5)6/h4-8,10,12-14H,2H2,1H3,(H,9,11);1-2H,(H2,5,6,7,8);(H2,1,2,3)(H2,4,5,6)/t4-,5-,6-,7-,8?;;/m1../s1. The molecule has 1 fully saturated rings. The minimum Gasteiger partial charge on any atom is -0.394 e. The van der Waals surface area contributed by atoms with E-state index in [1.54, 1.807) is 0 Å². The Hall–Kier alpha value is -1.79. The summed E-state index contributed by atoms with van der Waals surface area (Å²) < 4.78 is 27.0. The molecule has 1 unspecified atom stereocenters. The summed E-state index contributed by atoms with van der Waals surface area (Å²) in [6.45, 7) is 0.687. The predicted molar refractivity (Wildman–Crippen MR) is 100 cm³/mol. The number of ether oxygens (including phenoxy) is 1. The third-order valence-electron chi connectivity index (χ3n) is 3.17. The molecule has 0 spiro atoms. The van der Waals surface area contributed by atoms with Gasteiger partial charge in [0.25, 0.3) is 5.56 Å². The molecule has 0 radical (unpaired) electrons. The van der Waals surface area contributed by atoms with E-state index in [2.05, 4.69) is 14.6 Å². The van der Waals surface area contributed by atoms with Gasteiger partial charge >= 0.3 is 21.3 Å². The van der Waals surface area contributed by atoms with Crippen LogP contribution in [0, 0.1) is 0 Å². The zero-order chi connectivity index (χ0) is 25.3. The zero-order valence-electron chi connectivity index (χ0n) is 16.1. The highest BCUT2D eigenvalue weighted by Gasteiger charge is 2.43. The van der Waals surface area contributed by atoms with Crippen molar-refractivity contribution in [1.82, 2.24) is 15.3 Å². The van der Waals surface area contributed by atoms with E-state index in [-0.39, 0.29) is 5.56 Å². The van der Waals surface area contributed by atoms with Crippen molar-refractivity contribution in [3.8, 4) is 0 Å². The smallest absolute Gasteiger partial charge is 0.394 e. The number of H-pyrrole nitrogens is 2. The fourth-order valence-electron chi connectivity index (χ4n) is 2.01. The molecule has 186 valence electrons. The van der Waals surface area contributed by atoms with Gasteiger partial charge in [-0.1, -0.05) is 0 Å². The first-order chi connectivity index (χ1) is 14.5. The predicted octanol–water partition coefficient (Wildman–Crippen LogP) is -4.83. The van der Waals surface area contributed by atoms with Crippen molar-refractivity contribution in [2.45, 2.75) is 37.6 Å². The summed E-state index contributed by atoms with van der Waals surface area (Å²) in [4.78, 5) is 66.4. The van der Waals surface area contributed by atoms with Gasteiger partial charge in [0.15, 0.2) is 6.29 Å². The van der Waals surface area contributed by atoms with Gasteiger partial charge in [-0.15, -0.1) is 0 Å². The quantitative estimate of drug-likeness (QED) is 0.169. The Bertz CT molecular complexity index is 877. The van der Waals surface area contributed by atoms with Crippen molar-refractivity contribution in [3.05, 3.63) is 33.1 Å². The molecule has 1 saturated heterocycles. The van der Waals surface area contributed by atoms with Gasteiger partial charge in [-0.25, -0.2) is 13.9 Å². The average molecular weight is 511 g/mol. The van der Waals surface area contributed by atoms with Gasteiger partial charge in [-0.05, 0) is 0 Å². The molecule has 0 aliphatic carbocycles. The molecule has 32 heavy (non-hydrogen) atoms. The third-order valence-corrected chi connectivity index (χ3v) is 4.87. The zero-order valence-corrected chi connectivity index (χ0v) is 17.9. The molecule has 0 saturated carbocycles. The molecule has 5 atom stereocenters. The normalized spacial score (nSPS) is 25.5. The second-order valence-electron chi connectivity index (χ2n) is 5.81. The molecule has 1 aromatic rings. The average Bonchev–Trinajstić information content (AvgIpc) is 2.59. The van der Waals surface area contributed by atoms with E-state index in [0.29, 0.717) is 0 Å². The molecule has 20 heteroatoms. The Balaban J connectivity index is 0.000000485. The van der Waals surface area contributed by atoms with Gasteiger partial charge < -0.3 is 55.0 Å². The lowest BCUT2D eigenvalue weighted by Crippen LogP contribution is -2.63. The largest absolute Gasteiger partial charge is 0.478 e. The maximum Gasteiger partial charge on any atom is 0.478 e. The summed E-state index contributed by atoms with van der Waals surface area (Å²) in [5, 5.41) is 39.4. The summed E-state index contributed by atoms with van der Waals surface area (Å²) in [7, 11) is -10.1. The molecule has 1 aliphatic rings. The molecule has 1 amide bonds. The Labute approximate surface area is 178 Å². The lowest BCUT2D eigenvalue weighted by molar-refractivity contribution is -0.253. The van der Waals surface area contributed by atoms with Crippen LogP contribution in [0.1, 0.15) is 6.92 Å². The Morgan fingerprint density at radius 2 is 1.66 bits per heavy atom. The summed E-state index contributed by atoms with van der Waals surface area (Å²) in [6.07, 6.45) is -3.95. The number of aliphatic hydroxyl groups excluding tert-OH is 4. The van der Waals surface area contributed by atoms with Crippen molar-refractivity contribution < 1.29 is 63.0 Å². The Morgan fingerprint density at radius 1 is 1.12 bits per heavy atom. The van der Waals surface area contributed by atoms with Gasteiger partial charge in [-0.2, -0.15) is 4.31 Å². The molecule has 1 aromatic heterocycles. The summed E-state index contributed by atoms with van der Waals surface area (Å²) in [5.74, 6) is -0.462. The molecule has 1 aliphatic heterocycles. The lowest BCUT2D eigenvalue weighted by Gasteiger charge is -2.40. The van der Waals surface area contributed by atoms with E-state index in [1.807, 2.05) is 4.98 Å². The second-order valence-corrected chi connectivity index (χ2v) is 8.43. The third kappa shape index (κ3) is 12.9. The van der Waals surface area contributed by atoms with E-state index in [1.165, 1.54) is 19.2 Å².